The van der Waals surface area contributed by atoms with Gasteiger partial charge in [-0.05, 0) is 23.8 Å². The van der Waals surface area contributed by atoms with Crippen molar-refractivity contribution in [1.82, 2.24) is 0 Å². The summed E-state index contributed by atoms with van der Waals surface area (Å²) in [6, 6.07) is 16.1. The molecule has 0 saturated carbocycles. The van der Waals surface area contributed by atoms with Gasteiger partial charge in [-0.15, -0.1) is 0 Å². The summed E-state index contributed by atoms with van der Waals surface area (Å²) >= 11 is 0. The van der Waals surface area contributed by atoms with Crippen molar-refractivity contribution in [2.75, 3.05) is 25.6 Å². The molecule has 2 aromatic rings. The minimum absolute atomic E-state index is 0.372. The average Bonchev–Trinajstić information content (AvgIpc) is 2.54. The van der Waals surface area contributed by atoms with Gasteiger partial charge in [0.1, 0.15) is 5.75 Å². The maximum atomic E-state index is 5.46. The molecule has 0 amide bonds. The molecule has 0 spiro atoms. The predicted octanol–water partition coefficient (Wildman–Crippen LogP) is 2.64. The van der Waals surface area contributed by atoms with Crippen LogP contribution < -0.4 is 15.4 Å². The molecule has 108 valence electrons. The lowest BCUT2D eigenvalue weighted by Gasteiger charge is -2.22. The van der Waals surface area contributed by atoms with E-state index >= 15 is 0 Å². The summed E-state index contributed by atoms with van der Waals surface area (Å²) in [4.78, 5) is 2.15. The number of rotatable bonds is 4. The molecule has 0 atom stereocenters. The first-order valence-corrected chi connectivity index (χ1v) is 6.87. The number of ether oxygens (including phenoxy) is 1. The Hall–Kier alpha value is -2.44. The summed E-state index contributed by atoms with van der Waals surface area (Å²) in [5.74, 6) is 6.91. The quantitative estimate of drug-likeness (QED) is 0.875. The molecule has 0 bridgehead atoms. The topological polar surface area (TPSA) is 38.5 Å². The van der Waals surface area contributed by atoms with Gasteiger partial charge in [0.25, 0.3) is 0 Å². The highest BCUT2D eigenvalue weighted by Crippen LogP contribution is 2.28. The van der Waals surface area contributed by atoms with Crippen LogP contribution >= 0.6 is 0 Å². The van der Waals surface area contributed by atoms with Crippen molar-refractivity contribution in [1.29, 1.82) is 0 Å². The summed E-state index contributed by atoms with van der Waals surface area (Å²) < 4.78 is 5.41. The van der Waals surface area contributed by atoms with Crippen molar-refractivity contribution in [3.05, 3.63) is 59.7 Å². The molecular weight excluding hydrogens is 260 g/mol. The van der Waals surface area contributed by atoms with Crippen molar-refractivity contribution in [2.45, 2.75) is 6.54 Å². The molecule has 2 N–H and O–H groups in total. The number of nitrogens with two attached hydrogens (primary N) is 1. The van der Waals surface area contributed by atoms with Crippen molar-refractivity contribution in [2.24, 2.45) is 5.73 Å². The Morgan fingerprint density at radius 3 is 2.57 bits per heavy atom. The number of para-hydroxylation sites is 2. The smallest absolute Gasteiger partial charge is 0.142 e. The van der Waals surface area contributed by atoms with Gasteiger partial charge in [-0.3, -0.25) is 0 Å². The van der Waals surface area contributed by atoms with Crippen LogP contribution in [0.25, 0.3) is 0 Å². The van der Waals surface area contributed by atoms with E-state index in [9.17, 15) is 0 Å². The molecule has 0 aliphatic heterocycles. The molecule has 0 unspecified atom stereocenters. The number of benzene rings is 2. The molecule has 3 heteroatoms. The van der Waals surface area contributed by atoms with Gasteiger partial charge in [-0.25, -0.2) is 0 Å². The maximum Gasteiger partial charge on any atom is 0.142 e. The summed E-state index contributed by atoms with van der Waals surface area (Å²) in [6.45, 7) is 1.13. The zero-order chi connectivity index (χ0) is 15.1. The molecule has 0 fully saturated rings. The van der Waals surface area contributed by atoms with E-state index in [1.54, 1.807) is 7.11 Å². The monoisotopic (exact) mass is 280 g/mol. The lowest BCUT2D eigenvalue weighted by atomic mass is 10.1. The summed E-state index contributed by atoms with van der Waals surface area (Å²) in [7, 11) is 3.73. The number of nitrogens with zero attached hydrogens (tertiary/aromatic N) is 1. The van der Waals surface area contributed by atoms with E-state index < -0.39 is 0 Å². The van der Waals surface area contributed by atoms with Crippen LogP contribution in [0.3, 0.4) is 0 Å². The molecule has 0 heterocycles. The maximum absolute atomic E-state index is 5.46. The molecule has 0 saturated heterocycles. The first-order chi connectivity index (χ1) is 10.3. The molecule has 21 heavy (non-hydrogen) atoms. The molecular formula is C18H20N2O. The van der Waals surface area contributed by atoms with Crippen LogP contribution in [0.2, 0.25) is 0 Å². The van der Waals surface area contributed by atoms with Crippen LogP contribution in [0.1, 0.15) is 11.1 Å². The SMILES string of the molecule is COc1ccccc1N(C)Cc1ccccc1C#CCN. The van der Waals surface area contributed by atoms with E-state index in [1.807, 2.05) is 49.5 Å². The molecule has 2 rings (SSSR count). The largest absolute Gasteiger partial charge is 0.495 e. The van der Waals surface area contributed by atoms with Gasteiger partial charge in [0.05, 0.1) is 19.3 Å². The van der Waals surface area contributed by atoms with E-state index in [4.69, 9.17) is 10.5 Å². The van der Waals surface area contributed by atoms with E-state index in [1.165, 1.54) is 5.56 Å². The van der Waals surface area contributed by atoms with Gasteiger partial charge in [-0.2, -0.15) is 0 Å². The van der Waals surface area contributed by atoms with Crippen LogP contribution in [0.5, 0.6) is 5.75 Å². The zero-order valence-electron chi connectivity index (χ0n) is 12.5. The third-order valence-corrected chi connectivity index (χ3v) is 3.25. The highest BCUT2D eigenvalue weighted by Gasteiger charge is 2.09. The van der Waals surface area contributed by atoms with E-state index in [0.717, 1.165) is 23.5 Å². The number of hydrogen-bond donors (Lipinski definition) is 1. The van der Waals surface area contributed by atoms with Crippen molar-refractivity contribution < 1.29 is 4.74 Å². The predicted molar refractivity (Wildman–Crippen MR) is 87.5 cm³/mol. The Kier molecular flexibility index (Phi) is 5.25. The van der Waals surface area contributed by atoms with Crippen molar-refractivity contribution >= 4 is 5.69 Å². The van der Waals surface area contributed by atoms with Gasteiger partial charge in [0.15, 0.2) is 0 Å². The van der Waals surface area contributed by atoms with Crippen molar-refractivity contribution in [3.8, 4) is 17.6 Å². The van der Waals surface area contributed by atoms with Crippen LogP contribution in [0.4, 0.5) is 5.69 Å². The first-order valence-electron chi connectivity index (χ1n) is 6.87. The molecule has 2 aromatic carbocycles. The zero-order valence-corrected chi connectivity index (χ0v) is 12.5. The van der Waals surface area contributed by atoms with Gasteiger partial charge < -0.3 is 15.4 Å². The molecule has 0 radical (unpaired) electrons. The van der Waals surface area contributed by atoms with Crippen LogP contribution in [0.15, 0.2) is 48.5 Å². The van der Waals surface area contributed by atoms with Crippen LogP contribution in [0, 0.1) is 11.8 Å². The Bertz CT molecular complexity index is 656. The standard InChI is InChI=1S/C18H20N2O/c1-20(17-11-5-6-12-18(17)21-2)14-16-9-4-3-8-15(16)10-7-13-19/h3-6,8-9,11-12H,13-14,19H2,1-2H3. The van der Waals surface area contributed by atoms with E-state index in [2.05, 4.69) is 22.8 Å². The second-order valence-electron chi connectivity index (χ2n) is 4.69. The van der Waals surface area contributed by atoms with E-state index in [0.29, 0.717) is 6.54 Å². The number of hydrogen-bond acceptors (Lipinski definition) is 3. The molecule has 0 aliphatic rings. The van der Waals surface area contributed by atoms with Gasteiger partial charge >= 0.3 is 0 Å². The normalized spacial score (nSPS) is 9.67. The van der Waals surface area contributed by atoms with Crippen LogP contribution in [-0.2, 0) is 6.54 Å². The van der Waals surface area contributed by atoms with E-state index in [-0.39, 0.29) is 0 Å². The van der Waals surface area contributed by atoms with Gasteiger partial charge in [0.2, 0.25) is 0 Å². The second kappa shape index (κ2) is 7.37. The van der Waals surface area contributed by atoms with Crippen LogP contribution in [-0.4, -0.2) is 20.7 Å². The molecule has 0 aromatic heterocycles. The third-order valence-electron chi connectivity index (χ3n) is 3.25. The minimum atomic E-state index is 0.372. The lowest BCUT2D eigenvalue weighted by molar-refractivity contribution is 0.415. The van der Waals surface area contributed by atoms with Gasteiger partial charge in [-0.1, -0.05) is 42.2 Å². The Balaban J connectivity index is 2.25. The summed E-state index contributed by atoms with van der Waals surface area (Å²) in [5, 5.41) is 0. The van der Waals surface area contributed by atoms with Gasteiger partial charge in [0, 0.05) is 19.2 Å². The Morgan fingerprint density at radius 1 is 1.10 bits per heavy atom. The Labute approximate surface area is 126 Å². The fraction of sp³-hybridized carbons (Fsp3) is 0.222. The highest BCUT2D eigenvalue weighted by molar-refractivity contribution is 5.58. The fourth-order valence-corrected chi connectivity index (χ4v) is 2.21. The average molecular weight is 280 g/mol. The lowest BCUT2D eigenvalue weighted by Crippen LogP contribution is -2.17. The van der Waals surface area contributed by atoms with Crippen molar-refractivity contribution in [3.63, 3.8) is 0 Å². The first kappa shape index (κ1) is 15.0. The summed E-state index contributed by atoms with van der Waals surface area (Å²) in [5.41, 5.74) is 8.70. The minimum Gasteiger partial charge on any atom is -0.495 e. The summed E-state index contributed by atoms with van der Waals surface area (Å²) in [6.07, 6.45) is 0. The number of anilines is 1. The fourth-order valence-electron chi connectivity index (χ4n) is 2.21. The molecule has 0 aliphatic carbocycles. The second-order valence-corrected chi connectivity index (χ2v) is 4.69. The third kappa shape index (κ3) is 3.77. The highest BCUT2D eigenvalue weighted by atomic mass is 16.5. The Morgan fingerprint density at radius 2 is 1.81 bits per heavy atom. The number of methoxy groups -OCH3 is 1. The molecule has 3 nitrogen and oxygen atoms in total.